The number of hydrogen-bond donors (Lipinski definition) is 2. The van der Waals surface area contributed by atoms with Gasteiger partial charge in [-0.3, -0.25) is 0 Å². The highest BCUT2D eigenvalue weighted by atomic mass is 16.5. The van der Waals surface area contributed by atoms with Gasteiger partial charge in [0.05, 0.1) is 20.8 Å². The lowest BCUT2D eigenvalue weighted by molar-refractivity contribution is 0.342. The molecule has 1 aromatic heterocycles. The first-order chi connectivity index (χ1) is 13.7. The average molecular weight is 386 g/mol. The SMILES string of the molecule is CCCCCCNC(N)=NCc1ccc(Oc2c(OC)cccc2OC)nc1. The van der Waals surface area contributed by atoms with Crippen molar-refractivity contribution in [3.63, 3.8) is 0 Å². The number of hydrogen-bond acceptors (Lipinski definition) is 5. The van der Waals surface area contributed by atoms with E-state index in [2.05, 4.69) is 22.2 Å². The van der Waals surface area contributed by atoms with E-state index in [9.17, 15) is 0 Å². The zero-order valence-corrected chi connectivity index (χ0v) is 16.9. The predicted molar refractivity (Wildman–Crippen MR) is 111 cm³/mol. The lowest BCUT2D eigenvalue weighted by Crippen LogP contribution is -2.32. The Labute approximate surface area is 166 Å². The van der Waals surface area contributed by atoms with Crippen LogP contribution in [0.3, 0.4) is 0 Å². The number of nitrogens with zero attached hydrogens (tertiary/aromatic N) is 2. The minimum Gasteiger partial charge on any atom is -0.493 e. The van der Waals surface area contributed by atoms with Gasteiger partial charge in [-0.05, 0) is 24.1 Å². The van der Waals surface area contributed by atoms with Gasteiger partial charge in [-0.25, -0.2) is 9.98 Å². The van der Waals surface area contributed by atoms with Crippen molar-refractivity contribution < 1.29 is 14.2 Å². The molecule has 152 valence electrons. The Hall–Kier alpha value is -2.96. The number of benzene rings is 1. The number of unbranched alkanes of at least 4 members (excludes halogenated alkanes) is 3. The standard InChI is InChI=1S/C21H30N4O3/c1-4-5-6-7-13-23-21(22)25-15-16-11-12-19(24-14-16)28-20-17(26-2)9-8-10-18(20)27-3/h8-12,14H,4-7,13,15H2,1-3H3,(H3,22,23,25). The highest BCUT2D eigenvalue weighted by Crippen LogP contribution is 2.39. The minimum atomic E-state index is 0.442. The van der Waals surface area contributed by atoms with Gasteiger partial charge in [0.15, 0.2) is 17.5 Å². The summed E-state index contributed by atoms with van der Waals surface area (Å²) < 4.78 is 16.5. The number of ether oxygens (including phenoxy) is 3. The summed E-state index contributed by atoms with van der Waals surface area (Å²) in [6, 6.07) is 9.13. The van der Waals surface area contributed by atoms with Crippen molar-refractivity contribution in [1.82, 2.24) is 10.3 Å². The second-order valence-corrected chi connectivity index (χ2v) is 6.29. The van der Waals surface area contributed by atoms with Crippen molar-refractivity contribution in [2.45, 2.75) is 39.2 Å². The largest absolute Gasteiger partial charge is 0.493 e. The van der Waals surface area contributed by atoms with Crippen LogP contribution in [0.15, 0.2) is 41.5 Å². The third kappa shape index (κ3) is 6.64. The summed E-state index contributed by atoms with van der Waals surface area (Å²) in [5.41, 5.74) is 6.84. The fourth-order valence-electron chi connectivity index (χ4n) is 2.59. The molecule has 2 aromatic rings. The zero-order valence-electron chi connectivity index (χ0n) is 16.9. The lowest BCUT2D eigenvalue weighted by Gasteiger charge is -2.13. The molecule has 3 N–H and O–H groups in total. The van der Waals surface area contributed by atoms with Crippen LogP contribution in [-0.4, -0.2) is 31.7 Å². The molecule has 0 spiro atoms. The van der Waals surface area contributed by atoms with Crippen molar-refractivity contribution in [3.05, 3.63) is 42.1 Å². The molecular weight excluding hydrogens is 356 g/mol. The Morgan fingerprint density at radius 3 is 2.43 bits per heavy atom. The van der Waals surface area contributed by atoms with Gasteiger partial charge in [-0.2, -0.15) is 0 Å². The third-order valence-corrected chi connectivity index (χ3v) is 4.16. The Morgan fingerprint density at radius 1 is 1.07 bits per heavy atom. The van der Waals surface area contributed by atoms with Crippen LogP contribution in [0.25, 0.3) is 0 Å². The third-order valence-electron chi connectivity index (χ3n) is 4.16. The van der Waals surface area contributed by atoms with Gasteiger partial charge in [-0.15, -0.1) is 0 Å². The summed E-state index contributed by atoms with van der Waals surface area (Å²) in [6.45, 7) is 3.50. The summed E-state index contributed by atoms with van der Waals surface area (Å²) in [4.78, 5) is 8.68. The van der Waals surface area contributed by atoms with E-state index in [1.165, 1.54) is 19.3 Å². The number of pyridine rings is 1. The molecule has 0 aliphatic carbocycles. The molecule has 2 rings (SSSR count). The van der Waals surface area contributed by atoms with Gasteiger partial charge in [0.2, 0.25) is 11.6 Å². The van der Waals surface area contributed by atoms with Crippen molar-refractivity contribution in [2.75, 3.05) is 20.8 Å². The van der Waals surface area contributed by atoms with E-state index in [0.717, 1.165) is 18.5 Å². The number of aliphatic imine (C=N–C) groups is 1. The van der Waals surface area contributed by atoms with E-state index in [1.54, 1.807) is 38.6 Å². The van der Waals surface area contributed by atoms with Gasteiger partial charge >= 0.3 is 0 Å². The van der Waals surface area contributed by atoms with Crippen molar-refractivity contribution in [1.29, 1.82) is 0 Å². The number of nitrogens with one attached hydrogen (secondary N) is 1. The number of nitrogens with two attached hydrogens (primary N) is 1. The fraction of sp³-hybridized carbons (Fsp3) is 0.429. The van der Waals surface area contributed by atoms with Gasteiger partial charge in [0, 0.05) is 18.8 Å². The molecule has 7 heteroatoms. The van der Waals surface area contributed by atoms with Crippen LogP contribution in [0.5, 0.6) is 23.1 Å². The Balaban J connectivity index is 1.91. The molecular formula is C21H30N4O3. The summed E-state index contributed by atoms with van der Waals surface area (Å²) in [5.74, 6) is 2.54. The van der Waals surface area contributed by atoms with Crippen LogP contribution in [0.2, 0.25) is 0 Å². The van der Waals surface area contributed by atoms with Crippen molar-refractivity contribution in [2.24, 2.45) is 10.7 Å². The fourth-order valence-corrected chi connectivity index (χ4v) is 2.59. The Kier molecular flexibility index (Phi) is 8.91. The molecule has 1 heterocycles. The number of methoxy groups -OCH3 is 2. The predicted octanol–water partition coefficient (Wildman–Crippen LogP) is 3.88. The van der Waals surface area contributed by atoms with Crippen LogP contribution in [0, 0.1) is 0 Å². The molecule has 0 unspecified atom stereocenters. The van der Waals surface area contributed by atoms with Crippen molar-refractivity contribution in [3.8, 4) is 23.1 Å². The molecule has 1 aromatic carbocycles. The topological polar surface area (TPSA) is 91.0 Å². The van der Waals surface area contributed by atoms with E-state index in [0.29, 0.717) is 35.6 Å². The molecule has 0 fully saturated rings. The lowest BCUT2D eigenvalue weighted by atomic mass is 10.2. The highest BCUT2D eigenvalue weighted by Gasteiger charge is 2.13. The van der Waals surface area contributed by atoms with Gasteiger partial charge in [0.25, 0.3) is 0 Å². The summed E-state index contributed by atoms with van der Waals surface area (Å²) in [6.07, 6.45) is 6.50. The molecule has 0 aliphatic rings. The van der Waals surface area contributed by atoms with Gasteiger partial charge in [0.1, 0.15) is 0 Å². The Morgan fingerprint density at radius 2 is 1.82 bits per heavy atom. The average Bonchev–Trinajstić information content (AvgIpc) is 2.73. The van der Waals surface area contributed by atoms with Crippen LogP contribution in [0.1, 0.15) is 38.2 Å². The first-order valence-corrected chi connectivity index (χ1v) is 9.55. The van der Waals surface area contributed by atoms with Crippen LogP contribution in [0.4, 0.5) is 0 Å². The maximum Gasteiger partial charge on any atom is 0.219 e. The van der Waals surface area contributed by atoms with E-state index in [-0.39, 0.29) is 0 Å². The molecule has 0 atom stereocenters. The van der Waals surface area contributed by atoms with Crippen LogP contribution in [-0.2, 0) is 6.54 Å². The van der Waals surface area contributed by atoms with Crippen LogP contribution >= 0.6 is 0 Å². The van der Waals surface area contributed by atoms with E-state index >= 15 is 0 Å². The van der Waals surface area contributed by atoms with Crippen LogP contribution < -0.4 is 25.3 Å². The minimum absolute atomic E-state index is 0.442. The van der Waals surface area contributed by atoms with Crippen molar-refractivity contribution >= 4 is 5.96 Å². The second-order valence-electron chi connectivity index (χ2n) is 6.29. The first kappa shape index (κ1) is 21.3. The molecule has 0 aliphatic heterocycles. The monoisotopic (exact) mass is 386 g/mol. The van der Waals surface area contributed by atoms with E-state index in [1.807, 2.05) is 12.1 Å². The maximum absolute atomic E-state index is 5.90. The summed E-state index contributed by atoms with van der Waals surface area (Å²) >= 11 is 0. The molecule has 0 amide bonds. The van der Waals surface area contributed by atoms with Gasteiger partial charge < -0.3 is 25.3 Å². The highest BCUT2D eigenvalue weighted by molar-refractivity contribution is 5.77. The normalized spacial score (nSPS) is 11.2. The number of aromatic nitrogens is 1. The van der Waals surface area contributed by atoms with E-state index in [4.69, 9.17) is 19.9 Å². The summed E-state index contributed by atoms with van der Waals surface area (Å²) in [5, 5.41) is 3.14. The number of rotatable bonds is 11. The Bertz CT molecular complexity index is 726. The second kappa shape index (κ2) is 11.7. The molecule has 28 heavy (non-hydrogen) atoms. The number of para-hydroxylation sites is 1. The quantitative estimate of drug-likeness (QED) is 0.346. The zero-order chi connectivity index (χ0) is 20.2. The molecule has 0 bridgehead atoms. The maximum atomic E-state index is 5.90. The molecule has 7 nitrogen and oxygen atoms in total. The molecule has 0 saturated heterocycles. The number of guanidine groups is 1. The van der Waals surface area contributed by atoms with E-state index < -0.39 is 0 Å². The first-order valence-electron chi connectivity index (χ1n) is 9.55. The molecule has 0 radical (unpaired) electrons. The summed E-state index contributed by atoms with van der Waals surface area (Å²) in [7, 11) is 3.16. The van der Waals surface area contributed by atoms with Gasteiger partial charge in [-0.1, -0.05) is 38.3 Å². The molecule has 0 saturated carbocycles. The smallest absolute Gasteiger partial charge is 0.219 e.